The third-order valence-electron chi connectivity index (χ3n) is 1.59. The number of nitrogens with zero attached hydrogens (tertiary/aromatic N) is 3. The van der Waals surface area contributed by atoms with Crippen LogP contribution >= 0.6 is 0 Å². The van der Waals surface area contributed by atoms with Gasteiger partial charge in [0.1, 0.15) is 5.82 Å². The topological polar surface area (TPSA) is 76.7 Å². The zero-order chi connectivity index (χ0) is 10.4. The van der Waals surface area contributed by atoms with Gasteiger partial charge in [-0.05, 0) is 20.3 Å². The third-order valence-corrected chi connectivity index (χ3v) is 1.59. The minimum atomic E-state index is 0.256. The van der Waals surface area contributed by atoms with Gasteiger partial charge in [-0.3, -0.25) is 0 Å². The lowest BCUT2D eigenvalue weighted by molar-refractivity contribution is 0.953. The SMILES string of the molecule is C/C=C/CCNc1nc(C)nc(N)n1. The monoisotopic (exact) mass is 193 g/mol. The van der Waals surface area contributed by atoms with Gasteiger partial charge in [0.2, 0.25) is 11.9 Å². The fourth-order valence-electron chi connectivity index (χ4n) is 1.02. The second-order valence-electron chi connectivity index (χ2n) is 2.85. The number of hydrogen-bond donors (Lipinski definition) is 2. The highest BCUT2D eigenvalue weighted by molar-refractivity contribution is 5.30. The van der Waals surface area contributed by atoms with Gasteiger partial charge < -0.3 is 11.1 Å². The molecule has 5 nitrogen and oxygen atoms in total. The molecule has 0 radical (unpaired) electrons. The first kappa shape index (κ1) is 10.4. The van der Waals surface area contributed by atoms with Crippen molar-refractivity contribution >= 4 is 11.9 Å². The molecule has 0 aromatic carbocycles. The molecule has 0 saturated carbocycles. The number of aryl methyl sites for hydroxylation is 1. The Hall–Kier alpha value is -1.65. The summed E-state index contributed by atoms with van der Waals surface area (Å²) in [6, 6.07) is 0. The van der Waals surface area contributed by atoms with Crippen LogP contribution in [0.3, 0.4) is 0 Å². The number of rotatable bonds is 4. The molecule has 0 saturated heterocycles. The summed E-state index contributed by atoms with van der Waals surface area (Å²) < 4.78 is 0. The van der Waals surface area contributed by atoms with Crippen molar-refractivity contribution in [2.24, 2.45) is 0 Å². The van der Waals surface area contributed by atoms with Crippen LogP contribution in [0.5, 0.6) is 0 Å². The van der Waals surface area contributed by atoms with Crippen molar-refractivity contribution in [3.05, 3.63) is 18.0 Å². The minimum absolute atomic E-state index is 0.256. The molecular weight excluding hydrogens is 178 g/mol. The van der Waals surface area contributed by atoms with Gasteiger partial charge in [-0.15, -0.1) is 0 Å². The fourth-order valence-corrected chi connectivity index (χ4v) is 1.02. The van der Waals surface area contributed by atoms with Crippen LogP contribution in [0, 0.1) is 6.92 Å². The number of hydrogen-bond acceptors (Lipinski definition) is 5. The van der Waals surface area contributed by atoms with Gasteiger partial charge in [-0.25, -0.2) is 0 Å². The summed E-state index contributed by atoms with van der Waals surface area (Å²) in [5.74, 6) is 1.43. The summed E-state index contributed by atoms with van der Waals surface area (Å²) in [7, 11) is 0. The van der Waals surface area contributed by atoms with Crippen molar-refractivity contribution in [1.82, 2.24) is 15.0 Å². The van der Waals surface area contributed by atoms with Crippen LogP contribution in [0.25, 0.3) is 0 Å². The van der Waals surface area contributed by atoms with E-state index < -0.39 is 0 Å². The molecule has 0 bridgehead atoms. The van der Waals surface area contributed by atoms with Crippen LogP contribution in [0.4, 0.5) is 11.9 Å². The molecule has 1 aromatic heterocycles. The molecule has 0 spiro atoms. The van der Waals surface area contributed by atoms with E-state index >= 15 is 0 Å². The Bertz CT molecular complexity index is 301. The number of anilines is 2. The number of nitrogens with one attached hydrogen (secondary N) is 1. The lowest BCUT2D eigenvalue weighted by Crippen LogP contribution is -2.08. The van der Waals surface area contributed by atoms with Gasteiger partial charge in [0.05, 0.1) is 0 Å². The zero-order valence-corrected chi connectivity index (χ0v) is 8.49. The zero-order valence-electron chi connectivity index (χ0n) is 8.49. The van der Waals surface area contributed by atoms with E-state index in [4.69, 9.17) is 5.73 Å². The maximum Gasteiger partial charge on any atom is 0.227 e. The Morgan fingerprint density at radius 3 is 2.79 bits per heavy atom. The van der Waals surface area contributed by atoms with E-state index in [1.165, 1.54) is 0 Å². The van der Waals surface area contributed by atoms with Gasteiger partial charge in [0.15, 0.2) is 0 Å². The number of nitrogens with two attached hydrogens (primary N) is 1. The molecule has 1 aromatic rings. The molecule has 0 aliphatic rings. The highest BCUT2D eigenvalue weighted by atomic mass is 15.2. The van der Waals surface area contributed by atoms with E-state index in [1.807, 2.05) is 13.0 Å². The fraction of sp³-hybridized carbons (Fsp3) is 0.444. The molecule has 0 unspecified atom stereocenters. The van der Waals surface area contributed by atoms with Crippen LogP contribution in [0.2, 0.25) is 0 Å². The van der Waals surface area contributed by atoms with Crippen LogP contribution in [-0.4, -0.2) is 21.5 Å². The maximum atomic E-state index is 5.47. The molecule has 0 aliphatic carbocycles. The normalized spacial score (nSPS) is 10.7. The quantitative estimate of drug-likeness (QED) is 0.554. The van der Waals surface area contributed by atoms with E-state index in [9.17, 15) is 0 Å². The largest absolute Gasteiger partial charge is 0.368 e. The van der Waals surface area contributed by atoms with Gasteiger partial charge in [0, 0.05) is 6.54 Å². The summed E-state index contributed by atoms with van der Waals surface area (Å²) in [5.41, 5.74) is 5.47. The molecular formula is C9H15N5. The smallest absolute Gasteiger partial charge is 0.227 e. The predicted molar refractivity (Wildman–Crippen MR) is 56.9 cm³/mol. The van der Waals surface area contributed by atoms with Crippen molar-refractivity contribution in [2.75, 3.05) is 17.6 Å². The summed E-state index contributed by atoms with van der Waals surface area (Å²) >= 11 is 0. The summed E-state index contributed by atoms with van der Waals surface area (Å²) in [4.78, 5) is 11.9. The van der Waals surface area contributed by atoms with Crippen molar-refractivity contribution < 1.29 is 0 Å². The van der Waals surface area contributed by atoms with Crippen LogP contribution in [0.15, 0.2) is 12.2 Å². The Kier molecular flexibility index (Phi) is 3.84. The van der Waals surface area contributed by atoms with Crippen molar-refractivity contribution in [3.63, 3.8) is 0 Å². The van der Waals surface area contributed by atoms with E-state index in [-0.39, 0.29) is 5.95 Å². The molecule has 1 rings (SSSR count). The van der Waals surface area contributed by atoms with Gasteiger partial charge in [0.25, 0.3) is 0 Å². The van der Waals surface area contributed by atoms with Crippen molar-refractivity contribution in [2.45, 2.75) is 20.3 Å². The highest BCUT2D eigenvalue weighted by Crippen LogP contribution is 2.01. The van der Waals surface area contributed by atoms with Crippen LogP contribution in [0.1, 0.15) is 19.2 Å². The Balaban J connectivity index is 2.50. The van der Waals surface area contributed by atoms with E-state index in [0.717, 1.165) is 13.0 Å². The van der Waals surface area contributed by atoms with Gasteiger partial charge >= 0.3 is 0 Å². The Labute approximate surface area is 83.5 Å². The molecule has 76 valence electrons. The first-order valence-electron chi connectivity index (χ1n) is 4.55. The lowest BCUT2D eigenvalue weighted by Gasteiger charge is -2.03. The number of nitrogen functional groups attached to an aromatic ring is 1. The van der Waals surface area contributed by atoms with Crippen molar-refractivity contribution in [3.8, 4) is 0 Å². The van der Waals surface area contributed by atoms with E-state index in [2.05, 4.69) is 26.3 Å². The van der Waals surface area contributed by atoms with Gasteiger partial charge in [-0.2, -0.15) is 15.0 Å². The van der Waals surface area contributed by atoms with E-state index in [1.54, 1.807) is 6.92 Å². The molecule has 1 heterocycles. The molecule has 0 aliphatic heterocycles. The minimum Gasteiger partial charge on any atom is -0.368 e. The number of aromatic nitrogens is 3. The molecule has 14 heavy (non-hydrogen) atoms. The van der Waals surface area contributed by atoms with Crippen LogP contribution < -0.4 is 11.1 Å². The molecule has 0 atom stereocenters. The Morgan fingerprint density at radius 1 is 1.36 bits per heavy atom. The maximum absolute atomic E-state index is 5.47. The molecule has 0 fully saturated rings. The van der Waals surface area contributed by atoms with Gasteiger partial charge in [-0.1, -0.05) is 12.2 Å². The van der Waals surface area contributed by atoms with Crippen LogP contribution in [-0.2, 0) is 0 Å². The third kappa shape index (κ3) is 3.38. The summed E-state index contributed by atoms with van der Waals surface area (Å²) in [6.45, 7) is 4.58. The second kappa shape index (κ2) is 5.16. The molecule has 3 N–H and O–H groups in total. The second-order valence-corrected chi connectivity index (χ2v) is 2.85. The summed E-state index contributed by atoms with van der Waals surface area (Å²) in [5, 5.41) is 3.07. The lowest BCUT2D eigenvalue weighted by atomic mass is 10.4. The standard InChI is InChI=1S/C9H15N5/c1-3-4-5-6-11-9-13-7(2)12-8(10)14-9/h3-4H,5-6H2,1-2H3,(H3,10,11,12,13,14)/b4-3+. The first-order chi connectivity index (χ1) is 6.72. The first-order valence-corrected chi connectivity index (χ1v) is 4.55. The average Bonchev–Trinajstić information content (AvgIpc) is 2.11. The summed E-state index contributed by atoms with van der Waals surface area (Å²) in [6.07, 6.45) is 5.03. The molecule has 0 amide bonds. The van der Waals surface area contributed by atoms with Crippen molar-refractivity contribution in [1.29, 1.82) is 0 Å². The highest BCUT2D eigenvalue weighted by Gasteiger charge is 1.98. The van der Waals surface area contributed by atoms with E-state index in [0.29, 0.717) is 11.8 Å². The Morgan fingerprint density at radius 2 is 2.14 bits per heavy atom. The number of allylic oxidation sites excluding steroid dienone is 1. The average molecular weight is 193 g/mol. The predicted octanol–water partition coefficient (Wildman–Crippen LogP) is 1.14. The molecule has 5 heteroatoms.